The fourth-order valence-electron chi connectivity index (χ4n) is 4.75. The molecule has 4 aromatic carbocycles. The van der Waals surface area contributed by atoms with Crippen molar-refractivity contribution in [2.24, 2.45) is 0 Å². The summed E-state index contributed by atoms with van der Waals surface area (Å²) < 4.78 is 136. The van der Waals surface area contributed by atoms with Gasteiger partial charge in [-0.1, -0.05) is 31.9 Å². The number of nitrogens with one attached hydrogen (secondary N) is 4. The van der Waals surface area contributed by atoms with Crippen molar-refractivity contribution in [3.05, 3.63) is 113 Å². The number of hydrogen-bond acceptors (Lipinski definition) is 5. The summed E-state index contributed by atoms with van der Waals surface area (Å²) in [5, 5.41) is 7.39. The van der Waals surface area contributed by atoms with Crippen LogP contribution in [0.2, 0.25) is 0 Å². The van der Waals surface area contributed by atoms with Crippen LogP contribution in [0.15, 0.2) is 89.8 Å². The van der Waals surface area contributed by atoms with Gasteiger partial charge in [-0.2, -0.15) is 44.2 Å². The Morgan fingerprint density at radius 3 is 1.77 bits per heavy atom. The molecular weight excluding hydrogens is 743 g/mol. The van der Waals surface area contributed by atoms with Gasteiger partial charge in [0.15, 0.2) is 0 Å². The summed E-state index contributed by atoms with van der Waals surface area (Å²) in [4.78, 5) is 38.9. The van der Waals surface area contributed by atoms with E-state index in [0.29, 0.717) is 6.42 Å². The van der Waals surface area contributed by atoms with E-state index in [0.717, 1.165) is 43.2 Å². The first-order chi connectivity index (χ1) is 24.8. The molecule has 0 fully saturated rings. The molecule has 53 heavy (non-hydrogen) atoms. The lowest BCUT2D eigenvalue weighted by Crippen LogP contribution is -2.31. The molecule has 3 amide bonds. The predicted octanol–water partition coefficient (Wildman–Crippen LogP) is 9.71. The Bertz CT molecular complexity index is 1920. The van der Waals surface area contributed by atoms with E-state index < -0.39 is 69.9 Å². The highest BCUT2D eigenvalue weighted by Crippen LogP contribution is 2.37. The minimum absolute atomic E-state index is 0.00544. The summed E-state index contributed by atoms with van der Waals surface area (Å²) in [6.45, 7) is 1.94. The monoisotopic (exact) mass is 772 g/mol. The van der Waals surface area contributed by atoms with Gasteiger partial charge in [-0.25, -0.2) is 0 Å². The molecule has 0 bridgehead atoms. The number of alkyl halides is 9. The van der Waals surface area contributed by atoms with E-state index in [-0.39, 0.29) is 57.8 Å². The van der Waals surface area contributed by atoms with Crippen LogP contribution in [0.4, 0.5) is 62.3 Å². The molecule has 1 atom stereocenters. The third-order valence-corrected chi connectivity index (χ3v) is 8.59. The maximum Gasteiger partial charge on any atom is 0.416 e. The summed E-state index contributed by atoms with van der Waals surface area (Å²) in [6, 6.07) is 12.9. The van der Waals surface area contributed by atoms with Gasteiger partial charge in [-0.15, -0.1) is 0 Å². The maximum atomic E-state index is 13.5. The quantitative estimate of drug-likeness (QED) is 0.0649. The summed E-state index contributed by atoms with van der Waals surface area (Å²) >= 11 is -2.10. The van der Waals surface area contributed by atoms with E-state index in [1.165, 1.54) is 36.4 Å². The second-order valence-electron chi connectivity index (χ2n) is 11.4. The van der Waals surface area contributed by atoms with Crippen molar-refractivity contribution in [1.82, 2.24) is 4.72 Å². The average Bonchev–Trinajstić information content (AvgIpc) is 3.08. The van der Waals surface area contributed by atoms with Gasteiger partial charge in [0.1, 0.15) is 11.4 Å². The second kappa shape index (κ2) is 16.6. The molecule has 0 spiro atoms. The largest absolute Gasteiger partial charge is 0.588 e. The number of rotatable bonds is 12. The van der Waals surface area contributed by atoms with Gasteiger partial charge in [0.2, 0.25) is 4.90 Å². The van der Waals surface area contributed by atoms with Gasteiger partial charge in [-0.05, 0) is 79.2 Å². The third-order valence-electron chi connectivity index (χ3n) is 7.42. The molecule has 0 saturated heterocycles. The van der Waals surface area contributed by atoms with Crippen LogP contribution >= 0.6 is 0 Å². The lowest BCUT2D eigenvalue weighted by Gasteiger charge is -2.18. The summed E-state index contributed by atoms with van der Waals surface area (Å²) in [6.07, 6.45) is -12.9. The molecule has 0 aliphatic carbocycles. The molecule has 282 valence electrons. The molecule has 8 nitrogen and oxygen atoms in total. The molecule has 0 aliphatic heterocycles. The summed E-state index contributed by atoms with van der Waals surface area (Å²) in [7, 11) is 0. The summed E-state index contributed by atoms with van der Waals surface area (Å²) in [5.41, 5.74) is -6.26. The van der Waals surface area contributed by atoms with Crippen LogP contribution in [0, 0.1) is 0 Å². The van der Waals surface area contributed by atoms with Gasteiger partial charge < -0.3 is 20.5 Å². The number of para-hydroxylation sites is 1. The van der Waals surface area contributed by atoms with Crippen LogP contribution in [-0.2, 0) is 34.7 Å². The zero-order valence-corrected chi connectivity index (χ0v) is 28.2. The van der Waals surface area contributed by atoms with Crippen LogP contribution in [-0.4, -0.2) is 22.3 Å². The van der Waals surface area contributed by atoms with Gasteiger partial charge in [-0.3, -0.25) is 14.4 Å². The number of benzene rings is 4. The predicted molar refractivity (Wildman–Crippen MR) is 179 cm³/mol. The molecule has 4 rings (SSSR count). The normalized spacial score (nSPS) is 12.5. The molecule has 4 N–H and O–H groups in total. The first-order valence-corrected chi connectivity index (χ1v) is 16.7. The van der Waals surface area contributed by atoms with Crippen molar-refractivity contribution in [2.75, 3.05) is 16.0 Å². The van der Waals surface area contributed by atoms with E-state index in [1.807, 2.05) is 6.92 Å². The van der Waals surface area contributed by atoms with Crippen LogP contribution < -0.4 is 20.7 Å². The third kappa shape index (κ3) is 11.1. The molecule has 0 heterocycles. The fourth-order valence-corrected chi connectivity index (χ4v) is 5.69. The van der Waals surface area contributed by atoms with Crippen LogP contribution in [0.5, 0.6) is 0 Å². The highest BCUT2D eigenvalue weighted by atomic mass is 32.2. The van der Waals surface area contributed by atoms with Crippen LogP contribution in [0.1, 0.15) is 70.0 Å². The molecule has 18 heteroatoms. The minimum Gasteiger partial charge on any atom is -0.588 e. The Labute approximate surface area is 299 Å². The number of anilines is 4. The fraction of sp³-hybridized carbons (Fsp3) is 0.229. The highest BCUT2D eigenvalue weighted by Gasteiger charge is 2.38. The van der Waals surface area contributed by atoms with E-state index in [2.05, 4.69) is 20.7 Å². The second-order valence-corrected chi connectivity index (χ2v) is 12.6. The van der Waals surface area contributed by atoms with Gasteiger partial charge in [0, 0.05) is 23.2 Å². The number of unbranched alkanes of at least 4 members (excludes halogenated alkanes) is 2. The molecule has 0 saturated carbocycles. The molecule has 1 unspecified atom stereocenters. The van der Waals surface area contributed by atoms with E-state index in [1.54, 1.807) is 0 Å². The lowest BCUT2D eigenvalue weighted by molar-refractivity contribution is -0.143. The Balaban J connectivity index is 1.68. The SMILES string of the molecule is CCCCCC(=O)N[S+]([O-])c1ccccc1NC(=O)c1ccc(Nc2ccc(C(F)(F)F)cc2)c(NC(=O)c2cc(C(F)(F)F)cc(C(F)(F)F)c2)c1. The first-order valence-electron chi connectivity index (χ1n) is 15.6. The number of carbonyl (C=O) groups excluding carboxylic acids is 3. The van der Waals surface area contributed by atoms with Crippen LogP contribution in [0.3, 0.4) is 0 Å². The van der Waals surface area contributed by atoms with Crippen molar-refractivity contribution in [3.63, 3.8) is 0 Å². The topological polar surface area (TPSA) is 122 Å². The van der Waals surface area contributed by atoms with Crippen molar-refractivity contribution in [3.8, 4) is 0 Å². The number of amides is 3. The Morgan fingerprint density at radius 2 is 1.19 bits per heavy atom. The zero-order valence-electron chi connectivity index (χ0n) is 27.4. The number of halogens is 9. The molecule has 0 aliphatic rings. The number of hydrogen-bond donors (Lipinski definition) is 4. The van der Waals surface area contributed by atoms with Gasteiger partial charge in [0.05, 0.1) is 33.8 Å². The Hall–Kier alpha value is -5.23. The van der Waals surface area contributed by atoms with Crippen molar-refractivity contribution < 1.29 is 58.5 Å². The maximum absolute atomic E-state index is 13.5. The number of carbonyl (C=O) groups is 3. The van der Waals surface area contributed by atoms with Crippen molar-refractivity contribution in [1.29, 1.82) is 0 Å². The zero-order chi connectivity index (χ0) is 39.1. The standard InChI is InChI=1S/C35H29F9N4O4S/c1-2-3-4-9-30(49)48-53(52)29-8-6-5-7-27(29)46-31(50)20-10-15-26(45-25-13-11-22(12-14-25)33(36,37)38)28(18-20)47-32(51)21-16-23(34(39,40)41)19-24(17-21)35(42,43)44/h5-8,10-19,45H,2-4,9H2,1H3,(H,46,50)(H,47,51)(H,48,49). The molecule has 0 radical (unpaired) electrons. The van der Waals surface area contributed by atoms with E-state index in [4.69, 9.17) is 0 Å². The molecule has 0 aromatic heterocycles. The van der Waals surface area contributed by atoms with Crippen LogP contribution in [0.25, 0.3) is 0 Å². The average molecular weight is 773 g/mol. The van der Waals surface area contributed by atoms with E-state index >= 15 is 0 Å². The van der Waals surface area contributed by atoms with E-state index in [9.17, 15) is 58.5 Å². The van der Waals surface area contributed by atoms with Gasteiger partial charge in [0.25, 0.3) is 17.7 Å². The molecular formula is C35H29F9N4O4S. The highest BCUT2D eigenvalue weighted by molar-refractivity contribution is 7.90. The summed E-state index contributed by atoms with van der Waals surface area (Å²) in [5.74, 6) is -2.83. The van der Waals surface area contributed by atoms with Crippen molar-refractivity contribution in [2.45, 2.75) is 56.0 Å². The lowest BCUT2D eigenvalue weighted by atomic mass is 10.0. The first kappa shape index (κ1) is 40.5. The Morgan fingerprint density at radius 1 is 0.623 bits per heavy atom. The Kier molecular flexibility index (Phi) is 12.7. The van der Waals surface area contributed by atoms with Gasteiger partial charge >= 0.3 is 18.5 Å². The minimum atomic E-state index is -5.26. The molecule has 4 aromatic rings. The van der Waals surface area contributed by atoms with Crippen molar-refractivity contribution >= 4 is 51.8 Å². The smallest absolute Gasteiger partial charge is 0.416 e.